The zero-order valence-corrected chi connectivity index (χ0v) is 10.7. The fourth-order valence-electron chi connectivity index (χ4n) is 1.09. The topological polar surface area (TPSA) is 46.2 Å². The molecule has 1 aromatic heterocycles. The molecule has 1 N–H and O–H groups in total. The first kappa shape index (κ1) is 12.6. The third-order valence-electron chi connectivity index (χ3n) is 1.46. The molecule has 0 radical (unpaired) electrons. The number of nitrogens with one attached hydrogen (secondary N) is 1. The Morgan fingerprint density at radius 2 is 1.93 bits per heavy atom. The Kier molecular flexibility index (Phi) is 3.23. The SMILES string of the molecule is Cc1cc(F)c(S(=O)(=O)NC(C)(C)C)s1. The van der Waals surface area contributed by atoms with Crippen LogP contribution in [0.3, 0.4) is 0 Å². The summed E-state index contributed by atoms with van der Waals surface area (Å²) in [6.07, 6.45) is 0. The number of rotatable bonds is 2. The van der Waals surface area contributed by atoms with Crippen LogP contribution in [0.5, 0.6) is 0 Å². The van der Waals surface area contributed by atoms with Gasteiger partial charge in [-0.1, -0.05) is 0 Å². The third kappa shape index (κ3) is 3.25. The summed E-state index contributed by atoms with van der Waals surface area (Å²) in [6.45, 7) is 6.80. The maximum atomic E-state index is 13.3. The molecule has 1 heterocycles. The predicted octanol–water partition coefficient (Wildman–Crippen LogP) is 2.27. The molecular formula is C9H14FNO2S2. The second kappa shape index (κ2) is 3.84. The molecule has 0 bridgehead atoms. The second-order valence-corrected chi connectivity index (χ2v) is 7.48. The van der Waals surface area contributed by atoms with Crippen LogP contribution in [-0.4, -0.2) is 14.0 Å². The van der Waals surface area contributed by atoms with Crippen molar-refractivity contribution in [3.05, 3.63) is 16.8 Å². The summed E-state index contributed by atoms with van der Waals surface area (Å²) in [5.74, 6) is -0.686. The molecule has 15 heavy (non-hydrogen) atoms. The predicted molar refractivity (Wildman–Crippen MR) is 59.1 cm³/mol. The summed E-state index contributed by atoms with van der Waals surface area (Å²) in [6, 6.07) is 1.22. The fourth-order valence-corrected chi connectivity index (χ4v) is 3.88. The lowest BCUT2D eigenvalue weighted by molar-refractivity contribution is 0.488. The Bertz CT molecular complexity index is 457. The quantitative estimate of drug-likeness (QED) is 0.876. The van der Waals surface area contributed by atoms with E-state index in [0.717, 1.165) is 11.3 Å². The summed E-state index contributed by atoms with van der Waals surface area (Å²) in [5.41, 5.74) is -0.608. The Morgan fingerprint density at radius 3 is 2.27 bits per heavy atom. The molecule has 6 heteroatoms. The molecule has 0 unspecified atom stereocenters. The lowest BCUT2D eigenvalue weighted by Gasteiger charge is -2.19. The average Bonchev–Trinajstić information content (AvgIpc) is 2.24. The normalized spacial score (nSPS) is 13.1. The highest BCUT2D eigenvalue weighted by atomic mass is 32.2. The van der Waals surface area contributed by atoms with E-state index in [9.17, 15) is 12.8 Å². The lowest BCUT2D eigenvalue weighted by atomic mass is 10.1. The van der Waals surface area contributed by atoms with Crippen molar-refractivity contribution in [2.75, 3.05) is 0 Å². The zero-order chi connectivity index (χ0) is 11.9. The molecule has 0 aromatic carbocycles. The first-order chi connectivity index (χ1) is 6.62. The molecule has 0 saturated carbocycles. The zero-order valence-electron chi connectivity index (χ0n) is 9.09. The molecule has 3 nitrogen and oxygen atoms in total. The Balaban J connectivity index is 3.13. The summed E-state index contributed by atoms with van der Waals surface area (Å²) < 4.78 is 38.9. The summed E-state index contributed by atoms with van der Waals surface area (Å²) in [4.78, 5) is 0.641. The number of sulfonamides is 1. The number of thiophene rings is 1. The van der Waals surface area contributed by atoms with E-state index < -0.39 is 21.4 Å². The lowest BCUT2D eigenvalue weighted by Crippen LogP contribution is -2.40. The summed E-state index contributed by atoms with van der Waals surface area (Å²) in [7, 11) is -3.73. The smallest absolute Gasteiger partial charge is 0.206 e. The van der Waals surface area contributed by atoms with Gasteiger partial charge in [0.15, 0.2) is 10.0 Å². The van der Waals surface area contributed by atoms with Crippen molar-refractivity contribution in [1.29, 1.82) is 0 Å². The maximum absolute atomic E-state index is 13.3. The second-order valence-electron chi connectivity index (χ2n) is 4.35. The van der Waals surface area contributed by atoms with E-state index in [1.54, 1.807) is 27.7 Å². The van der Waals surface area contributed by atoms with Gasteiger partial charge in [-0.25, -0.2) is 17.5 Å². The first-order valence-electron chi connectivity index (χ1n) is 4.42. The van der Waals surface area contributed by atoms with E-state index in [-0.39, 0.29) is 4.21 Å². The van der Waals surface area contributed by atoms with Crippen molar-refractivity contribution in [3.8, 4) is 0 Å². The van der Waals surface area contributed by atoms with Gasteiger partial charge in [0.25, 0.3) is 10.0 Å². The highest BCUT2D eigenvalue weighted by Gasteiger charge is 2.26. The molecule has 0 aliphatic carbocycles. The van der Waals surface area contributed by atoms with E-state index in [1.807, 2.05) is 0 Å². The van der Waals surface area contributed by atoms with Gasteiger partial charge in [0.2, 0.25) is 0 Å². The van der Waals surface area contributed by atoms with Gasteiger partial charge in [0.1, 0.15) is 0 Å². The van der Waals surface area contributed by atoms with Gasteiger partial charge in [-0.3, -0.25) is 0 Å². The molecule has 86 valence electrons. The van der Waals surface area contributed by atoms with Crippen molar-refractivity contribution >= 4 is 21.4 Å². The Morgan fingerprint density at radius 1 is 1.40 bits per heavy atom. The highest BCUT2D eigenvalue weighted by molar-refractivity contribution is 7.91. The van der Waals surface area contributed by atoms with Gasteiger partial charge in [-0.2, -0.15) is 0 Å². The molecule has 0 fully saturated rings. The maximum Gasteiger partial charge on any atom is 0.253 e. The molecule has 0 spiro atoms. The van der Waals surface area contributed by atoms with Crippen molar-refractivity contribution in [2.24, 2.45) is 0 Å². The molecule has 1 rings (SSSR count). The third-order valence-corrected chi connectivity index (χ3v) is 4.76. The standard InChI is InChI=1S/C9H14FNO2S2/c1-6-5-7(10)8(14-6)15(12,13)11-9(2,3)4/h5,11H,1-4H3. The highest BCUT2D eigenvalue weighted by Crippen LogP contribution is 2.25. The summed E-state index contributed by atoms with van der Waals surface area (Å²) >= 11 is 0.937. The number of aryl methyl sites for hydroxylation is 1. The van der Waals surface area contributed by atoms with Crippen LogP contribution in [0, 0.1) is 12.7 Å². The van der Waals surface area contributed by atoms with Crippen LogP contribution < -0.4 is 4.72 Å². The molecule has 0 amide bonds. The van der Waals surface area contributed by atoms with Gasteiger partial charge in [0.05, 0.1) is 0 Å². The van der Waals surface area contributed by atoms with Crippen LogP contribution >= 0.6 is 11.3 Å². The molecular weight excluding hydrogens is 237 g/mol. The van der Waals surface area contributed by atoms with E-state index in [0.29, 0.717) is 4.88 Å². The molecule has 0 atom stereocenters. The minimum absolute atomic E-state index is 0.241. The van der Waals surface area contributed by atoms with Crippen LogP contribution in [0.2, 0.25) is 0 Å². The van der Waals surface area contributed by atoms with Crippen LogP contribution in [0.15, 0.2) is 10.3 Å². The van der Waals surface area contributed by atoms with Gasteiger partial charge >= 0.3 is 0 Å². The van der Waals surface area contributed by atoms with Crippen molar-refractivity contribution in [3.63, 3.8) is 0 Å². The first-order valence-corrected chi connectivity index (χ1v) is 6.72. The molecule has 1 aromatic rings. The van der Waals surface area contributed by atoms with Crippen LogP contribution in [0.1, 0.15) is 25.6 Å². The van der Waals surface area contributed by atoms with Crippen LogP contribution in [0.25, 0.3) is 0 Å². The van der Waals surface area contributed by atoms with Crippen LogP contribution in [0.4, 0.5) is 4.39 Å². The Labute approximate surface area is 93.4 Å². The molecule has 0 aliphatic heterocycles. The van der Waals surface area contributed by atoms with Gasteiger partial charge in [-0.15, -0.1) is 11.3 Å². The van der Waals surface area contributed by atoms with E-state index in [1.165, 1.54) is 6.07 Å². The monoisotopic (exact) mass is 251 g/mol. The van der Waals surface area contributed by atoms with E-state index >= 15 is 0 Å². The number of hydrogen-bond donors (Lipinski definition) is 1. The molecule has 0 saturated heterocycles. The Hall–Kier alpha value is -0.460. The molecule has 0 aliphatic rings. The summed E-state index contributed by atoms with van der Waals surface area (Å²) in [5, 5.41) is 0. The van der Waals surface area contributed by atoms with E-state index in [2.05, 4.69) is 4.72 Å². The fraction of sp³-hybridized carbons (Fsp3) is 0.556. The largest absolute Gasteiger partial charge is 0.253 e. The minimum atomic E-state index is -3.73. The van der Waals surface area contributed by atoms with Gasteiger partial charge < -0.3 is 0 Å². The van der Waals surface area contributed by atoms with Crippen molar-refractivity contribution in [2.45, 2.75) is 37.4 Å². The minimum Gasteiger partial charge on any atom is -0.206 e. The number of halogens is 1. The van der Waals surface area contributed by atoms with E-state index in [4.69, 9.17) is 0 Å². The van der Waals surface area contributed by atoms with Gasteiger partial charge in [-0.05, 0) is 33.8 Å². The van der Waals surface area contributed by atoms with Crippen molar-refractivity contribution < 1.29 is 12.8 Å². The van der Waals surface area contributed by atoms with Crippen molar-refractivity contribution in [1.82, 2.24) is 4.72 Å². The van der Waals surface area contributed by atoms with Crippen LogP contribution in [-0.2, 0) is 10.0 Å². The van der Waals surface area contributed by atoms with Gasteiger partial charge in [0, 0.05) is 10.4 Å². The number of hydrogen-bond acceptors (Lipinski definition) is 3. The average molecular weight is 251 g/mol.